The minimum absolute atomic E-state index is 1.14. The maximum absolute atomic E-state index is 3.94. The molecule has 0 spiro atoms. The van der Waals surface area contributed by atoms with E-state index in [0.717, 1.165) is 12.8 Å². The molecule has 10 heavy (non-hydrogen) atoms. The first-order valence-corrected chi connectivity index (χ1v) is 3.60. The van der Waals surface area contributed by atoms with Gasteiger partial charge in [-0.25, -0.2) is 0 Å². The third kappa shape index (κ3) is 2.18. The maximum atomic E-state index is 3.94. The Labute approximate surface area is 62.1 Å². The first kappa shape index (κ1) is 7.26. The van der Waals surface area contributed by atoms with Crippen LogP contribution in [-0.2, 0) is 6.42 Å². The van der Waals surface area contributed by atoms with E-state index in [-0.39, 0.29) is 0 Å². The van der Waals surface area contributed by atoms with Crippen molar-refractivity contribution >= 4 is 0 Å². The van der Waals surface area contributed by atoms with Crippen molar-refractivity contribution in [3.63, 3.8) is 0 Å². The zero-order chi connectivity index (χ0) is 7.23. The van der Waals surface area contributed by atoms with Gasteiger partial charge in [-0.05, 0) is 37.0 Å². The Morgan fingerprint density at radius 1 is 1.40 bits per heavy atom. The molecule has 1 heteroatoms. The van der Waals surface area contributed by atoms with Crippen molar-refractivity contribution in [1.82, 2.24) is 4.98 Å². The molecule has 1 radical (unpaired) electrons. The molecule has 0 unspecified atom stereocenters. The number of aryl methyl sites for hydroxylation is 1. The lowest BCUT2D eigenvalue weighted by atomic mass is 10.1. The molecule has 0 atom stereocenters. The van der Waals surface area contributed by atoms with Crippen LogP contribution in [0.2, 0.25) is 0 Å². The van der Waals surface area contributed by atoms with Gasteiger partial charge >= 0.3 is 0 Å². The van der Waals surface area contributed by atoms with Crippen molar-refractivity contribution in [2.24, 2.45) is 0 Å². The average molecular weight is 134 g/mol. The van der Waals surface area contributed by atoms with E-state index in [1.165, 1.54) is 5.56 Å². The standard InChI is InChI=1S/C9H12N/c1-2-3-4-9-5-7-10-8-6-9/h2,5-8H,3-4H2,1H3. The molecular formula is C9H12N. The predicted octanol–water partition coefficient (Wildman–Crippen LogP) is 2.24. The SMILES string of the molecule is C[CH]CCc1ccncc1. The Bertz CT molecular complexity index is 169. The zero-order valence-electron chi connectivity index (χ0n) is 6.25. The first-order valence-electron chi connectivity index (χ1n) is 3.60. The van der Waals surface area contributed by atoms with Crippen LogP contribution in [0, 0.1) is 6.42 Å². The molecule has 1 heterocycles. The second-order valence-corrected chi connectivity index (χ2v) is 2.30. The Kier molecular flexibility index (Phi) is 2.94. The van der Waals surface area contributed by atoms with E-state index >= 15 is 0 Å². The molecule has 0 saturated heterocycles. The van der Waals surface area contributed by atoms with Gasteiger partial charge in [0, 0.05) is 12.4 Å². The maximum Gasteiger partial charge on any atom is 0.0270 e. The molecular weight excluding hydrogens is 122 g/mol. The minimum Gasteiger partial charge on any atom is -0.265 e. The second-order valence-electron chi connectivity index (χ2n) is 2.30. The summed E-state index contributed by atoms with van der Waals surface area (Å²) in [6.45, 7) is 2.08. The molecule has 53 valence electrons. The van der Waals surface area contributed by atoms with Gasteiger partial charge in [0.05, 0.1) is 0 Å². The van der Waals surface area contributed by atoms with Gasteiger partial charge in [-0.3, -0.25) is 4.98 Å². The summed E-state index contributed by atoms with van der Waals surface area (Å²) in [6, 6.07) is 4.12. The molecule has 0 amide bonds. The van der Waals surface area contributed by atoms with Crippen molar-refractivity contribution < 1.29 is 0 Å². The summed E-state index contributed by atoms with van der Waals surface area (Å²) in [5.74, 6) is 0. The smallest absolute Gasteiger partial charge is 0.0270 e. The molecule has 1 rings (SSSR count). The van der Waals surface area contributed by atoms with Crippen LogP contribution in [0.5, 0.6) is 0 Å². The fourth-order valence-electron chi connectivity index (χ4n) is 0.860. The molecule has 0 aliphatic heterocycles. The van der Waals surface area contributed by atoms with E-state index in [4.69, 9.17) is 0 Å². The van der Waals surface area contributed by atoms with Crippen LogP contribution in [0.4, 0.5) is 0 Å². The highest BCUT2D eigenvalue weighted by atomic mass is 14.6. The van der Waals surface area contributed by atoms with E-state index in [0.29, 0.717) is 0 Å². The fourth-order valence-corrected chi connectivity index (χ4v) is 0.860. The van der Waals surface area contributed by atoms with E-state index in [9.17, 15) is 0 Å². The van der Waals surface area contributed by atoms with E-state index in [1.54, 1.807) is 0 Å². The molecule has 1 nitrogen and oxygen atoms in total. The highest BCUT2D eigenvalue weighted by molar-refractivity contribution is 5.09. The summed E-state index contributed by atoms with van der Waals surface area (Å²) in [6.07, 6.45) is 8.15. The molecule has 1 aromatic heterocycles. The lowest BCUT2D eigenvalue weighted by molar-refractivity contribution is 0.932. The lowest BCUT2D eigenvalue weighted by Gasteiger charge is -1.95. The summed E-state index contributed by atoms with van der Waals surface area (Å²) in [5.41, 5.74) is 1.37. The first-order chi connectivity index (χ1) is 4.93. The number of unbranched alkanes of at least 4 members (excludes halogenated alkanes) is 1. The van der Waals surface area contributed by atoms with Gasteiger partial charge < -0.3 is 0 Å². The summed E-state index contributed by atoms with van der Waals surface area (Å²) < 4.78 is 0. The molecule has 0 aliphatic rings. The summed E-state index contributed by atoms with van der Waals surface area (Å²) in [7, 11) is 0. The Morgan fingerprint density at radius 3 is 2.70 bits per heavy atom. The van der Waals surface area contributed by atoms with Gasteiger partial charge in [0.1, 0.15) is 0 Å². The molecule has 1 aromatic rings. The van der Waals surface area contributed by atoms with Crippen LogP contribution >= 0.6 is 0 Å². The number of hydrogen-bond donors (Lipinski definition) is 0. The lowest BCUT2D eigenvalue weighted by Crippen LogP contribution is -1.83. The average Bonchev–Trinajstić information content (AvgIpc) is 2.03. The third-order valence-electron chi connectivity index (χ3n) is 1.47. The number of aromatic nitrogens is 1. The van der Waals surface area contributed by atoms with Crippen molar-refractivity contribution in [2.45, 2.75) is 19.8 Å². The van der Waals surface area contributed by atoms with Crippen molar-refractivity contribution in [2.75, 3.05) is 0 Å². The summed E-state index contributed by atoms with van der Waals surface area (Å²) >= 11 is 0. The van der Waals surface area contributed by atoms with E-state index in [1.807, 2.05) is 12.4 Å². The molecule has 0 bridgehead atoms. The van der Waals surface area contributed by atoms with Gasteiger partial charge in [0.25, 0.3) is 0 Å². The van der Waals surface area contributed by atoms with Crippen LogP contribution in [0.15, 0.2) is 24.5 Å². The Hall–Kier alpha value is -0.850. The largest absolute Gasteiger partial charge is 0.265 e. The number of hydrogen-bond acceptors (Lipinski definition) is 1. The van der Waals surface area contributed by atoms with Crippen LogP contribution in [0.3, 0.4) is 0 Å². The normalized spacial score (nSPS) is 9.70. The Balaban J connectivity index is 2.43. The van der Waals surface area contributed by atoms with Gasteiger partial charge in [-0.15, -0.1) is 0 Å². The van der Waals surface area contributed by atoms with Crippen LogP contribution in [0.1, 0.15) is 18.9 Å². The topological polar surface area (TPSA) is 12.9 Å². The number of rotatable bonds is 3. The van der Waals surface area contributed by atoms with E-state index < -0.39 is 0 Å². The summed E-state index contributed by atoms with van der Waals surface area (Å²) in [4.78, 5) is 3.94. The highest BCUT2D eigenvalue weighted by Crippen LogP contribution is 2.01. The van der Waals surface area contributed by atoms with Gasteiger partial charge in [0.15, 0.2) is 0 Å². The summed E-state index contributed by atoms with van der Waals surface area (Å²) in [5, 5.41) is 0. The van der Waals surface area contributed by atoms with Crippen molar-refractivity contribution in [1.29, 1.82) is 0 Å². The molecule has 0 N–H and O–H groups in total. The zero-order valence-corrected chi connectivity index (χ0v) is 6.25. The Morgan fingerprint density at radius 2 is 2.10 bits per heavy atom. The molecule has 0 aromatic carbocycles. The molecule has 0 aliphatic carbocycles. The molecule has 0 saturated carbocycles. The van der Waals surface area contributed by atoms with Crippen LogP contribution in [0.25, 0.3) is 0 Å². The quantitative estimate of drug-likeness (QED) is 0.617. The second kappa shape index (κ2) is 4.04. The fraction of sp³-hybridized carbons (Fsp3) is 0.333. The van der Waals surface area contributed by atoms with Crippen molar-refractivity contribution in [3.8, 4) is 0 Å². The van der Waals surface area contributed by atoms with Gasteiger partial charge in [-0.1, -0.05) is 6.92 Å². The predicted molar refractivity (Wildman–Crippen MR) is 42.5 cm³/mol. The van der Waals surface area contributed by atoms with Gasteiger partial charge in [-0.2, -0.15) is 0 Å². The van der Waals surface area contributed by atoms with Crippen molar-refractivity contribution in [3.05, 3.63) is 36.5 Å². The van der Waals surface area contributed by atoms with E-state index in [2.05, 4.69) is 30.5 Å². The van der Waals surface area contributed by atoms with Crippen LogP contribution in [-0.4, -0.2) is 4.98 Å². The minimum atomic E-state index is 1.14. The third-order valence-corrected chi connectivity index (χ3v) is 1.47. The van der Waals surface area contributed by atoms with Crippen LogP contribution < -0.4 is 0 Å². The van der Waals surface area contributed by atoms with Gasteiger partial charge in [0.2, 0.25) is 0 Å². The highest BCUT2D eigenvalue weighted by Gasteiger charge is 1.88. The number of pyridine rings is 1. The number of nitrogens with zero attached hydrogens (tertiary/aromatic N) is 1. The monoisotopic (exact) mass is 134 g/mol. The molecule has 0 fully saturated rings.